The van der Waals surface area contributed by atoms with Crippen molar-refractivity contribution in [1.29, 1.82) is 0 Å². The number of amides is 1. The maximum atomic E-state index is 13.1. The standard InChI is InChI=1S/C27H32ClN5O2/c1-19(20-8-12-24(13-9-20)33-15-2-3-16-33)29-27(34)22-5-4-14-32(17-22)18-25-30-26(31-35-25)21-6-10-23(28)11-7-21/h6-13,19,22H,2-5,14-18H2,1H3,(H,29,34). The van der Waals surface area contributed by atoms with Crippen LogP contribution in [-0.2, 0) is 11.3 Å². The lowest BCUT2D eigenvalue weighted by Crippen LogP contribution is -2.43. The molecule has 2 aromatic carbocycles. The largest absolute Gasteiger partial charge is 0.372 e. The quantitative estimate of drug-likeness (QED) is 0.494. The highest BCUT2D eigenvalue weighted by Gasteiger charge is 2.28. The summed E-state index contributed by atoms with van der Waals surface area (Å²) in [6.45, 7) is 6.46. The van der Waals surface area contributed by atoms with Gasteiger partial charge in [-0.2, -0.15) is 4.98 Å². The highest BCUT2D eigenvalue weighted by atomic mass is 35.5. The van der Waals surface area contributed by atoms with Crippen LogP contribution in [0.3, 0.4) is 0 Å². The van der Waals surface area contributed by atoms with E-state index in [0.717, 1.165) is 43.6 Å². The first-order valence-corrected chi connectivity index (χ1v) is 12.9. The third-order valence-corrected chi connectivity index (χ3v) is 7.28. The first-order valence-electron chi connectivity index (χ1n) is 12.5. The lowest BCUT2D eigenvalue weighted by atomic mass is 9.96. The summed E-state index contributed by atoms with van der Waals surface area (Å²) in [5, 5.41) is 8.00. The summed E-state index contributed by atoms with van der Waals surface area (Å²) >= 11 is 5.96. The summed E-state index contributed by atoms with van der Waals surface area (Å²) in [6, 6.07) is 16.0. The summed E-state index contributed by atoms with van der Waals surface area (Å²) < 4.78 is 5.48. The van der Waals surface area contributed by atoms with Crippen LogP contribution in [0.15, 0.2) is 53.1 Å². The number of carbonyl (C=O) groups is 1. The number of hydrogen-bond acceptors (Lipinski definition) is 6. The van der Waals surface area contributed by atoms with Crippen molar-refractivity contribution in [2.75, 3.05) is 31.1 Å². The monoisotopic (exact) mass is 493 g/mol. The Labute approximate surface area is 211 Å². The molecule has 2 aliphatic rings. The Morgan fingerprint density at radius 3 is 2.57 bits per heavy atom. The van der Waals surface area contributed by atoms with E-state index in [1.165, 1.54) is 18.5 Å². The fourth-order valence-electron chi connectivity index (χ4n) is 5.00. The average molecular weight is 494 g/mol. The number of piperidine rings is 1. The van der Waals surface area contributed by atoms with Gasteiger partial charge in [-0.25, -0.2) is 0 Å². The van der Waals surface area contributed by atoms with Gasteiger partial charge in [0.25, 0.3) is 0 Å². The number of rotatable bonds is 7. The number of nitrogens with zero attached hydrogens (tertiary/aromatic N) is 4. The molecular formula is C27H32ClN5O2. The van der Waals surface area contributed by atoms with Crippen LogP contribution in [0, 0.1) is 5.92 Å². The lowest BCUT2D eigenvalue weighted by Gasteiger charge is -2.31. The second-order valence-electron chi connectivity index (χ2n) is 9.61. The minimum Gasteiger partial charge on any atom is -0.372 e. The Balaban J connectivity index is 1.14. The van der Waals surface area contributed by atoms with Crippen molar-refractivity contribution in [3.63, 3.8) is 0 Å². The van der Waals surface area contributed by atoms with Gasteiger partial charge in [-0.05, 0) is 81.1 Å². The Kier molecular flexibility index (Phi) is 7.35. The number of halogens is 1. The molecule has 2 fully saturated rings. The molecule has 3 aromatic rings. The van der Waals surface area contributed by atoms with Gasteiger partial charge in [0.05, 0.1) is 18.5 Å². The number of carbonyl (C=O) groups excluding carboxylic acids is 1. The highest BCUT2D eigenvalue weighted by Crippen LogP contribution is 2.25. The molecule has 0 bridgehead atoms. The first kappa shape index (κ1) is 23.8. The summed E-state index contributed by atoms with van der Waals surface area (Å²) in [7, 11) is 0. The predicted molar refractivity (Wildman–Crippen MR) is 137 cm³/mol. The molecule has 35 heavy (non-hydrogen) atoms. The third kappa shape index (κ3) is 5.85. The van der Waals surface area contributed by atoms with E-state index in [1.807, 2.05) is 24.3 Å². The van der Waals surface area contributed by atoms with Gasteiger partial charge in [-0.15, -0.1) is 0 Å². The van der Waals surface area contributed by atoms with Gasteiger partial charge in [0.2, 0.25) is 17.6 Å². The number of hydrogen-bond donors (Lipinski definition) is 1. The summed E-state index contributed by atoms with van der Waals surface area (Å²) in [6.07, 6.45) is 4.39. The molecule has 0 radical (unpaired) electrons. The second kappa shape index (κ2) is 10.8. The number of aromatic nitrogens is 2. The molecule has 2 unspecified atom stereocenters. The third-order valence-electron chi connectivity index (χ3n) is 7.03. The minimum atomic E-state index is -0.0475. The van der Waals surface area contributed by atoms with Crippen LogP contribution in [0.5, 0.6) is 0 Å². The van der Waals surface area contributed by atoms with Crippen LogP contribution >= 0.6 is 11.6 Å². The van der Waals surface area contributed by atoms with Gasteiger partial charge in [-0.1, -0.05) is 28.9 Å². The van der Waals surface area contributed by atoms with E-state index in [-0.39, 0.29) is 17.9 Å². The SMILES string of the molecule is CC(NC(=O)C1CCCN(Cc2nc(-c3ccc(Cl)cc3)no2)C1)c1ccc(N2CCCC2)cc1. The molecule has 2 saturated heterocycles. The van der Waals surface area contributed by atoms with E-state index in [0.29, 0.717) is 29.8 Å². The van der Waals surface area contributed by atoms with Gasteiger partial charge in [0.15, 0.2) is 0 Å². The molecule has 184 valence electrons. The first-order chi connectivity index (χ1) is 17.0. The van der Waals surface area contributed by atoms with Crippen LogP contribution in [0.25, 0.3) is 11.4 Å². The van der Waals surface area contributed by atoms with Crippen LogP contribution in [0.1, 0.15) is 50.1 Å². The van der Waals surface area contributed by atoms with Crippen LogP contribution in [0.2, 0.25) is 5.02 Å². The predicted octanol–water partition coefficient (Wildman–Crippen LogP) is 5.08. The molecule has 3 heterocycles. The fourth-order valence-corrected chi connectivity index (χ4v) is 5.13. The zero-order valence-corrected chi connectivity index (χ0v) is 20.9. The maximum absolute atomic E-state index is 13.1. The Morgan fingerprint density at radius 2 is 1.83 bits per heavy atom. The van der Waals surface area contributed by atoms with E-state index < -0.39 is 0 Å². The fraction of sp³-hybridized carbons (Fsp3) is 0.444. The van der Waals surface area contributed by atoms with Gasteiger partial charge in [0, 0.05) is 35.9 Å². The van der Waals surface area contributed by atoms with Gasteiger partial charge < -0.3 is 14.7 Å². The van der Waals surface area contributed by atoms with Gasteiger partial charge >= 0.3 is 0 Å². The van der Waals surface area contributed by atoms with E-state index in [4.69, 9.17) is 16.1 Å². The van der Waals surface area contributed by atoms with Crippen molar-refractivity contribution in [3.05, 3.63) is 65.0 Å². The van der Waals surface area contributed by atoms with Gasteiger partial charge in [0.1, 0.15) is 0 Å². The Hall–Kier alpha value is -2.90. The highest BCUT2D eigenvalue weighted by molar-refractivity contribution is 6.30. The van der Waals surface area contributed by atoms with Crippen LogP contribution in [0.4, 0.5) is 5.69 Å². The zero-order valence-electron chi connectivity index (χ0n) is 20.1. The molecular weight excluding hydrogens is 462 g/mol. The average Bonchev–Trinajstić information content (AvgIpc) is 3.58. The minimum absolute atomic E-state index is 0.0246. The van der Waals surface area contributed by atoms with E-state index >= 15 is 0 Å². The van der Waals surface area contributed by atoms with Crippen molar-refractivity contribution in [1.82, 2.24) is 20.4 Å². The van der Waals surface area contributed by atoms with Gasteiger partial charge in [-0.3, -0.25) is 9.69 Å². The molecule has 2 aliphatic heterocycles. The number of anilines is 1. The number of nitrogens with one attached hydrogen (secondary N) is 1. The van der Waals surface area contributed by atoms with E-state index in [1.54, 1.807) is 0 Å². The Morgan fingerprint density at radius 1 is 1.09 bits per heavy atom. The molecule has 8 heteroatoms. The summed E-state index contributed by atoms with van der Waals surface area (Å²) in [5.74, 6) is 1.17. The Bertz CT molecular complexity index is 1130. The zero-order chi connectivity index (χ0) is 24.2. The smallest absolute Gasteiger partial charge is 0.241 e. The van der Waals surface area contributed by atoms with Crippen LogP contribution < -0.4 is 10.2 Å². The van der Waals surface area contributed by atoms with Crippen molar-refractivity contribution in [2.24, 2.45) is 5.92 Å². The number of benzene rings is 2. The molecule has 5 rings (SSSR count). The van der Waals surface area contributed by atoms with E-state index in [2.05, 4.69) is 56.4 Å². The van der Waals surface area contributed by atoms with Crippen molar-refractivity contribution >= 4 is 23.2 Å². The molecule has 0 aliphatic carbocycles. The lowest BCUT2D eigenvalue weighted by molar-refractivity contribution is -0.127. The molecule has 0 saturated carbocycles. The van der Waals surface area contributed by atoms with E-state index in [9.17, 15) is 4.79 Å². The second-order valence-corrected chi connectivity index (χ2v) is 10.0. The van der Waals surface area contributed by atoms with Crippen molar-refractivity contribution in [2.45, 2.75) is 45.2 Å². The summed E-state index contributed by atoms with van der Waals surface area (Å²) in [4.78, 5) is 22.2. The topological polar surface area (TPSA) is 74.5 Å². The van der Waals surface area contributed by atoms with Crippen molar-refractivity contribution in [3.8, 4) is 11.4 Å². The maximum Gasteiger partial charge on any atom is 0.241 e. The summed E-state index contributed by atoms with van der Waals surface area (Å²) in [5.41, 5.74) is 3.27. The molecule has 1 N–H and O–H groups in total. The normalized spacial score (nSPS) is 19.6. The number of likely N-dealkylation sites (tertiary alicyclic amines) is 1. The molecule has 1 amide bonds. The van der Waals surface area contributed by atoms with Crippen molar-refractivity contribution < 1.29 is 9.32 Å². The molecule has 7 nitrogen and oxygen atoms in total. The van der Waals surface area contributed by atoms with Crippen LogP contribution in [-0.4, -0.2) is 47.1 Å². The molecule has 1 aromatic heterocycles. The molecule has 2 atom stereocenters. The molecule has 0 spiro atoms.